The van der Waals surface area contributed by atoms with E-state index in [4.69, 9.17) is 11.5 Å². The first kappa shape index (κ1) is 19.2. The van der Waals surface area contributed by atoms with Crippen molar-refractivity contribution >= 4 is 11.4 Å². The first-order valence-electron chi connectivity index (χ1n) is 8.63. The van der Waals surface area contributed by atoms with Gasteiger partial charge in [-0.2, -0.15) is 5.11 Å². The number of azo groups is 1. The number of nitrogens with two attached hydrogens (primary N) is 2. The summed E-state index contributed by atoms with van der Waals surface area (Å²) in [6.07, 6.45) is 3.89. The molecule has 1 heterocycles. The van der Waals surface area contributed by atoms with Crippen LogP contribution in [0.2, 0.25) is 0 Å². The van der Waals surface area contributed by atoms with Crippen LogP contribution >= 0.6 is 0 Å². The lowest BCUT2D eigenvalue weighted by Crippen LogP contribution is -2.37. The molecule has 138 valence electrons. The molecule has 0 spiro atoms. The van der Waals surface area contributed by atoms with Gasteiger partial charge in [0.25, 0.3) is 0 Å². The molecule has 8 heteroatoms. The standard InChI is InChI=1S/C17H30N8/c1-23-13-14-24(2)17(23)22-21-16-5-3-15(4-6-16)20-9-12-25(10-7-18)11-8-19/h3-6,13-14,17,20H,7-12,18-19H2,1-2H3/b22-21+. The molecule has 0 saturated heterocycles. The van der Waals surface area contributed by atoms with Gasteiger partial charge in [-0.15, -0.1) is 5.11 Å². The minimum atomic E-state index is -0.0751. The number of nitrogens with one attached hydrogen (secondary N) is 1. The average molecular weight is 346 g/mol. The zero-order chi connectivity index (χ0) is 18.1. The third-order valence-electron chi connectivity index (χ3n) is 4.06. The average Bonchev–Trinajstić information content (AvgIpc) is 2.93. The second-order valence-electron chi connectivity index (χ2n) is 6.08. The Labute approximate surface area is 150 Å². The van der Waals surface area contributed by atoms with E-state index in [1.54, 1.807) is 0 Å². The van der Waals surface area contributed by atoms with Crippen LogP contribution in [0.1, 0.15) is 0 Å². The monoisotopic (exact) mass is 346 g/mol. The van der Waals surface area contributed by atoms with Crippen LogP contribution in [0.15, 0.2) is 46.9 Å². The van der Waals surface area contributed by atoms with Gasteiger partial charge < -0.3 is 26.6 Å². The molecule has 0 fully saturated rings. The molecule has 0 aromatic heterocycles. The van der Waals surface area contributed by atoms with Gasteiger partial charge in [0.2, 0.25) is 6.29 Å². The Kier molecular flexibility index (Phi) is 7.65. The molecule has 8 nitrogen and oxygen atoms in total. The van der Waals surface area contributed by atoms with Crippen LogP contribution in [-0.2, 0) is 0 Å². The van der Waals surface area contributed by atoms with Crippen molar-refractivity contribution in [1.29, 1.82) is 0 Å². The highest BCUT2D eigenvalue weighted by atomic mass is 15.5. The van der Waals surface area contributed by atoms with Gasteiger partial charge in [0.1, 0.15) is 0 Å². The summed E-state index contributed by atoms with van der Waals surface area (Å²) in [6.45, 7) is 4.82. The predicted octanol–water partition coefficient (Wildman–Crippen LogP) is 1.03. The first-order valence-corrected chi connectivity index (χ1v) is 8.63. The summed E-state index contributed by atoms with van der Waals surface area (Å²) in [4.78, 5) is 6.28. The Morgan fingerprint density at radius 2 is 1.60 bits per heavy atom. The molecule has 1 aliphatic heterocycles. The van der Waals surface area contributed by atoms with Crippen LogP contribution in [0.3, 0.4) is 0 Å². The summed E-state index contributed by atoms with van der Waals surface area (Å²) >= 11 is 0. The van der Waals surface area contributed by atoms with Gasteiger partial charge in [-0.1, -0.05) is 0 Å². The zero-order valence-corrected chi connectivity index (χ0v) is 15.2. The lowest BCUT2D eigenvalue weighted by atomic mass is 10.3. The second kappa shape index (κ2) is 9.97. The molecule has 0 amide bonds. The molecule has 0 unspecified atom stereocenters. The largest absolute Gasteiger partial charge is 0.384 e. The maximum Gasteiger partial charge on any atom is 0.217 e. The van der Waals surface area contributed by atoms with E-state index in [0.717, 1.165) is 37.6 Å². The van der Waals surface area contributed by atoms with E-state index < -0.39 is 0 Å². The van der Waals surface area contributed by atoms with Gasteiger partial charge in [0, 0.05) is 71.5 Å². The summed E-state index contributed by atoms with van der Waals surface area (Å²) in [5.41, 5.74) is 13.1. The minimum absolute atomic E-state index is 0.0751. The molecular formula is C17H30N8. The summed E-state index contributed by atoms with van der Waals surface area (Å²) in [6, 6.07) is 7.97. The van der Waals surface area contributed by atoms with E-state index in [9.17, 15) is 0 Å². The third kappa shape index (κ3) is 6.00. The highest BCUT2D eigenvalue weighted by Gasteiger charge is 2.19. The molecule has 0 saturated carbocycles. The molecule has 0 radical (unpaired) electrons. The van der Waals surface area contributed by atoms with Crippen molar-refractivity contribution in [2.24, 2.45) is 21.7 Å². The molecule has 0 bridgehead atoms. The fourth-order valence-electron chi connectivity index (χ4n) is 2.64. The fourth-order valence-corrected chi connectivity index (χ4v) is 2.64. The Hall–Kier alpha value is -2.16. The van der Waals surface area contributed by atoms with E-state index in [0.29, 0.717) is 13.1 Å². The lowest BCUT2D eigenvalue weighted by molar-refractivity contribution is 0.206. The van der Waals surface area contributed by atoms with Crippen molar-refractivity contribution in [2.45, 2.75) is 6.29 Å². The van der Waals surface area contributed by atoms with Crippen molar-refractivity contribution in [3.8, 4) is 0 Å². The SMILES string of the molecule is CN1C=CN(C)C1/N=N/c1ccc(NCCN(CCN)CCN)cc1. The zero-order valence-electron chi connectivity index (χ0n) is 15.2. The van der Waals surface area contributed by atoms with Gasteiger partial charge in [0.05, 0.1) is 5.69 Å². The molecule has 0 aliphatic carbocycles. The summed E-state index contributed by atoms with van der Waals surface area (Å²) in [5.74, 6) is 0. The quantitative estimate of drug-likeness (QED) is 0.548. The van der Waals surface area contributed by atoms with Gasteiger partial charge in [-0.25, -0.2) is 0 Å². The van der Waals surface area contributed by atoms with Crippen LogP contribution in [0.25, 0.3) is 0 Å². The molecule has 1 aromatic carbocycles. The van der Waals surface area contributed by atoms with E-state index in [-0.39, 0.29) is 6.29 Å². The van der Waals surface area contributed by atoms with E-state index in [1.807, 2.05) is 60.6 Å². The molecule has 1 aliphatic rings. The molecule has 2 rings (SSSR count). The van der Waals surface area contributed by atoms with Crippen molar-refractivity contribution in [3.63, 3.8) is 0 Å². The van der Waals surface area contributed by atoms with E-state index in [2.05, 4.69) is 20.4 Å². The van der Waals surface area contributed by atoms with Crippen molar-refractivity contribution in [2.75, 3.05) is 58.7 Å². The van der Waals surface area contributed by atoms with Gasteiger partial charge in [-0.3, -0.25) is 4.90 Å². The van der Waals surface area contributed by atoms with Crippen LogP contribution in [0.5, 0.6) is 0 Å². The Balaban J connectivity index is 1.79. The van der Waals surface area contributed by atoms with Crippen LogP contribution < -0.4 is 16.8 Å². The number of anilines is 1. The maximum absolute atomic E-state index is 5.62. The number of hydrogen-bond donors (Lipinski definition) is 3. The summed E-state index contributed by atoms with van der Waals surface area (Å²) in [5, 5.41) is 12.1. The van der Waals surface area contributed by atoms with E-state index in [1.165, 1.54) is 0 Å². The van der Waals surface area contributed by atoms with Gasteiger partial charge in [-0.05, 0) is 24.3 Å². The Morgan fingerprint density at radius 1 is 1.00 bits per heavy atom. The summed E-state index contributed by atoms with van der Waals surface area (Å²) < 4.78 is 0. The van der Waals surface area contributed by atoms with Crippen molar-refractivity contribution in [1.82, 2.24) is 14.7 Å². The van der Waals surface area contributed by atoms with E-state index >= 15 is 0 Å². The highest BCUT2D eigenvalue weighted by molar-refractivity contribution is 5.50. The molecular weight excluding hydrogens is 316 g/mol. The minimum Gasteiger partial charge on any atom is -0.384 e. The third-order valence-corrected chi connectivity index (χ3v) is 4.06. The lowest BCUT2D eigenvalue weighted by Gasteiger charge is -2.21. The van der Waals surface area contributed by atoms with Gasteiger partial charge >= 0.3 is 0 Å². The van der Waals surface area contributed by atoms with Gasteiger partial charge in [0.15, 0.2) is 0 Å². The molecule has 1 aromatic rings. The molecule has 25 heavy (non-hydrogen) atoms. The topological polar surface area (TPSA) is 98.5 Å². The Morgan fingerprint density at radius 3 is 2.16 bits per heavy atom. The number of nitrogens with zero attached hydrogens (tertiary/aromatic N) is 5. The second-order valence-corrected chi connectivity index (χ2v) is 6.08. The first-order chi connectivity index (χ1) is 12.1. The van der Waals surface area contributed by atoms with Crippen molar-refractivity contribution < 1.29 is 0 Å². The van der Waals surface area contributed by atoms with Crippen LogP contribution in [-0.4, -0.2) is 74.4 Å². The van der Waals surface area contributed by atoms with Crippen LogP contribution in [0, 0.1) is 0 Å². The predicted molar refractivity (Wildman–Crippen MR) is 102 cm³/mol. The normalized spacial score (nSPS) is 15.1. The highest BCUT2D eigenvalue weighted by Crippen LogP contribution is 2.19. The maximum atomic E-state index is 5.62. The summed E-state index contributed by atoms with van der Waals surface area (Å²) in [7, 11) is 3.96. The number of benzene rings is 1. The van der Waals surface area contributed by atoms with Crippen LogP contribution in [0.4, 0.5) is 11.4 Å². The van der Waals surface area contributed by atoms with Crippen molar-refractivity contribution in [3.05, 3.63) is 36.7 Å². The number of rotatable bonds is 10. The fraction of sp³-hybridized carbons (Fsp3) is 0.529. The Bertz CT molecular complexity index is 538. The number of hydrogen-bond acceptors (Lipinski definition) is 8. The molecule has 5 N–H and O–H groups in total. The smallest absolute Gasteiger partial charge is 0.217 e. The molecule has 0 atom stereocenters.